The molecular weight excluding hydrogens is 480 g/mol. The van der Waals surface area contributed by atoms with E-state index >= 15 is 0 Å². The molecule has 0 aliphatic carbocycles. The van der Waals surface area contributed by atoms with Crippen molar-refractivity contribution in [1.82, 2.24) is 14.9 Å². The topological polar surface area (TPSA) is 101 Å². The summed E-state index contributed by atoms with van der Waals surface area (Å²) in [6.07, 6.45) is 0. The van der Waals surface area contributed by atoms with Crippen LogP contribution in [0.2, 0.25) is 5.02 Å². The fourth-order valence-electron chi connectivity index (χ4n) is 3.25. The van der Waals surface area contributed by atoms with Crippen LogP contribution in [0.4, 0.5) is 5.13 Å². The van der Waals surface area contributed by atoms with Gasteiger partial charge in [0.05, 0.1) is 16.6 Å². The number of benzene rings is 3. The van der Waals surface area contributed by atoms with Gasteiger partial charge in [-0.25, -0.2) is 8.42 Å². The molecule has 4 aromatic rings. The van der Waals surface area contributed by atoms with Gasteiger partial charge >= 0.3 is 0 Å². The summed E-state index contributed by atoms with van der Waals surface area (Å²) in [5.74, 6) is -0.504. The highest BCUT2D eigenvalue weighted by Gasteiger charge is 2.27. The highest BCUT2D eigenvalue weighted by molar-refractivity contribution is 7.91. The zero-order valence-electron chi connectivity index (χ0n) is 17.4. The first kappa shape index (κ1) is 23.1. The number of halogens is 1. The van der Waals surface area contributed by atoms with Crippen LogP contribution in [0.5, 0.6) is 0 Å². The Morgan fingerprint density at radius 2 is 1.61 bits per heavy atom. The number of aryl methyl sites for hydroxylation is 1. The van der Waals surface area contributed by atoms with Crippen molar-refractivity contribution in [3.63, 3.8) is 0 Å². The van der Waals surface area contributed by atoms with E-state index in [1.54, 1.807) is 24.3 Å². The number of carbonyl (C=O) groups excluding carboxylic acids is 1. The Hall–Kier alpha value is -3.11. The minimum absolute atomic E-state index is 0.0486. The van der Waals surface area contributed by atoms with E-state index in [0.29, 0.717) is 0 Å². The molecule has 1 heterocycles. The van der Waals surface area contributed by atoms with Gasteiger partial charge in [-0.15, -0.1) is 10.2 Å². The number of anilines is 1. The molecule has 0 aliphatic rings. The molecule has 0 aliphatic heterocycles. The maximum atomic E-state index is 13.2. The zero-order chi connectivity index (χ0) is 23.4. The van der Waals surface area contributed by atoms with Crippen molar-refractivity contribution in [2.45, 2.75) is 17.3 Å². The first-order valence-corrected chi connectivity index (χ1v) is 12.5. The van der Waals surface area contributed by atoms with Crippen LogP contribution in [0.1, 0.15) is 33.1 Å². The molecule has 10 heteroatoms. The first-order valence-electron chi connectivity index (χ1n) is 9.87. The summed E-state index contributed by atoms with van der Waals surface area (Å²) >= 11 is 6.81. The fourth-order valence-corrected chi connectivity index (χ4v) is 5.59. The second kappa shape index (κ2) is 9.80. The van der Waals surface area contributed by atoms with Crippen LogP contribution in [0.3, 0.4) is 0 Å². The van der Waals surface area contributed by atoms with E-state index in [-0.39, 0.29) is 20.1 Å². The van der Waals surface area contributed by atoms with E-state index in [1.165, 1.54) is 0 Å². The van der Waals surface area contributed by atoms with Gasteiger partial charge in [0.15, 0.2) is 0 Å². The van der Waals surface area contributed by atoms with Gasteiger partial charge in [-0.2, -0.15) is 4.72 Å². The van der Waals surface area contributed by atoms with Gasteiger partial charge in [0.25, 0.3) is 15.9 Å². The van der Waals surface area contributed by atoms with Crippen LogP contribution in [0.25, 0.3) is 0 Å². The molecule has 1 atom stereocenters. The number of hydrogen-bond donors (Lipinski definition) is 2. The number of nitrogens with zero attached hydrogens (tertiary/aromatic N) is 2. The molecule has 0 fully saturated rings. The quantitative estimate of drug-likeness (QED) is 0.356. The molecule has 1 aromatic heterocycles. The Kier molecular flexibility index (Phi) is 6.85. The van der Waals surface area contributed by atoms with E-state index in [9.17, 15) is 13.2 Å². The Balaban J connectivity index is 1.60. The van der Waals surface area contributed by atoms with Crippen molar-refractivity contribution in [3.8, 4) is 0 Å². The molecule has 0 saturated carbocycles. The predicted octanol–water partition coefficient (Wildman–Crippen LogP) is 4.82. The highest BCUT2D eigenvalue weighted by Crippen LogP contribution is 2.29. The molecule has 1 amide bonds. The Labute approximate surface area is 200 Å². The molecule has 3 aromatic carbocycles. The van der Waals surface area contributed by atoms with Gasteiger partial charge in [0.1, 0.15) is 0 Å². The van der Waals surface area contributed by atoms with Crippen molar-refractivity contribution < 1.29 is 13.2 Å². The number of carbonyl (C=O) groups is 1. The number of amides is 1. The maximum absolute atomic E-state index is 13.2. The number of nitrogens with one attached hydrogen (secondary N) is 2. The Morgan fingerprint density at radius 1 is 0.939 bits per heavy atom. The van der Waals surface area contributed by atoms with Crippen molar-refractivity contribution in [3.05, 3.63) is 106 Å². The van der Waals surface area contributed by atoms with Crippen molar-refractivity contribution in [2.75, 3.05) is 5.32 Å². The van der Waals surface area contributed by atoms with E-state index in [0.717, 1.165) is 28.0 Å². The van der Waals surface area contributed by atoms with Crippen LogP contribution in [0.15, 0.2) is 83.2 Å². The van der Waals surface area contributed by atoms with Crippen molar-refractivity contribution in [2.24, 2.45) is 0 Å². The monoisotopic (exact) mass is 498 g/mol. The van der Waals surface area contributed by atoms with Gasteiger partial charge in [0.2, 0.25) is 9.47 Å². The number of sulfonamides is 1. The average molecular weight is 499 g/mol. The molecule has 1 unspecified atom stereocenters. The van der Waals surface area contributed by atoms with E-state index in [4.69, 9.17) is 11.6 Å². The van der Waals surface area contributed by atoms with Gasteiger partial charge in [0, 0.05) is 0 Å². The second-order valence-corrected chi connectivity index (χ2v) is 10.4. The summed E-state index contributed by atoms with van der Waals surface area (Å²) in [6, 6.07) is 22.7. The van der Waals surface area contributed by atoms with Crippen molar-refractivity contribution in [1.29, 1.82) is 0 Å². The lowest BCUT2D eigenvalue weighted by atomic mass is 9.96. The third-order valence-electron chi connectivity index (χ3n) is 4.88. The van der Waals surface area contributed by atoms with Crippen LogP contribution in [-0.2, 0) is 10.0 Å². The Morgan fingerprint density at radius 3 is 2.33 bits per heavy atom. The van der Waals surface area contributed by atoms with Crippen LogP contribution < -0.4 is 10.0 Å². The minimum Gasteiger partial charge on any atom is -0.296 e. The van der Waals surface area contributed by atoms with Crippen molar-refractivity contribution >= 4 is 44.0 Å². The summed E-state index contributed by atoms with van der Waals surface area (Å²) in [6.45, 7) is 1.92. The molecule has 0 bridgehead atoms. The molecule has 0 saturated heterocycles. The average Bonchev–Trinajstić information content (AvgIpc) is 3.28. The van der Waals surface area contributed by atoms with Gasteiger partial charge in [-0.1, -0.05) is 89.7 Å². The summed E-state index contributed by atoms with van der Waals surface area (Å²) in [5, 5.41) is 10.5. The highest BCUT2D eigenvalue weighted by atomic mass is 35.5. The van der Waals surface area contributed by atoms with Gasteiger partial charge in [-0.05, 0) is 35.7 Å². The molecule has 2 N–H and O–H groups in total. The first-order chi connectivity index (χ1) is 15.8. The van der Waals surface area contributed by atoms with E-state index in [1.807, 2.05) is 61.5 Å². The lowest BCUT2D eigenvalue weighted by Crippen LogP contribution is -2.30. The summed E-state index contributed by atoms with van der Waals surface area (Å²) in [7, 11) is -4.04. The lowest BCUT2D eigenvalue weighted by Gasteiger charge is -2.20. The normalized spacial score (nSPS) is 12.3. The number of rotatable bonds is 7. The standard InChI is InChI=1S/C23H19ClN4O3S2/c1-15-9-5-6-12-17(15)20(16-10-3-2-4-11-16)28-33(30,31)23-27-26-22(32-23)25-21(29)18-13-7-8-14-19(18)24/h2-14,20,28H,1H3,(H,25,26,29). The summed E-state index contributed by atoms with van der Waals surface area (Å²) in [4.78, 5) is 12.5. The molecule has 33 heavy (non-hydrogen) atoms. The molecule has 4 rings (SSSR count). The second-order valence-electron chi connectivity index (χ2n) is 7.13. The van der Waals surface area contributed by atoms with Crippen LogP contribution >= 0.6 is 22.9 Å². The minimum atomic E-state index is -4.04. The largest absolute Gasteiger partial charge is 0.296 e. The lowest BCUT2D eigenvalue weighted by molar-refractivity contribution is 0.102. The van der Waals surface area contributed by atoms with Gasteiger partial charge < -0.3 is 0 Å². The van der Waals surface area contributed by atoms with E-state index in [2.05, 4.69) is 20.2 Å². The number of hydrogen-bond acceptors (Lipinski definition) is 6. The molecular formula is C23H19ClN4O3S2. The smallest absolute Gasteiger partial charge is 0.270 e. The third-order valence-corrected chi connectivity index (χ3v) is 7.84. The van der Waals surface area contributed by atoms with Crippen LogP contribution in [-0.4, -0.2) is 24.5 Å². The fraction of sp³-hybridized carbons (Fsp3) is 0.0870. The maximum Gasteiger partial charge on any atom is 0.270 e. The molecule has 0 radical (unpaired) electrons. The third kappa shape index (κ3) is 5.28. The summed E-state index contributed by atoms with van der Waals surface area (Å²) in [5.41, 5.74) is 2.80. The van der Waals surface area contributed by atoms with Crippen LogP contribution in [0, 0.1) is 6.92 Å². The SMILES string of the molecule is Cc1ccccc1C(NS(=O)(=O)c1nnc(NC(=O)c2ccccc2Cl)s1)c1ccccc1. The molecule has 168 valence electrons. The Bertz CT molecular complexity index is 1390. The zero-order valence-corrected chi connectivity index (χ0v) is 19.8. The molecule has 7 nitrogen and oxygen atoms in total. The predicted molar refractivity (Wildman–Crippen MR) is 129 cm³/mol. The molecule has 0 spiro atoms. The van der Waals surface area contributed by atoms with Gasteiger partial charge in [-0.3, -0.25) is 10.1 Å². The summed E-state index contributed by atoms with van der Waals surface area (Å²) < 4.78 is 28.9. The number of aromatic nitrogens is 2. The van der Waals surface area contributed by atoms with E-state index < -0.39 is 22.0 Å².